The summed E-state index contributed by atoms with van der Waals surface area (Å²) in [5.41, 5.74) is 9.41. The van der Waals surface area contributed by atoms with Crippen LogP contribution in [0.5, 0.6) is 0 Å². The number of hydrogen-bond donors (Lipinski definition) is 0. The Labute approximate surface area is 225 Å². The molecule has 0 saturated heterocycles. The molecule has 0 saturated carbocycles. The van der Waals surface area contributed by atoms with Gasteiger partial charge in [0.2, 0.25) is 0 Å². The van der Waals surface area contributed by atoms with E-state index in [1.165, 1.54) is 16.7 Å². The summed E-state index contributed by atoms with van der Waals surface area (Å²) in [6.45, 7) is 14.2. The Bertz CT molecular complexity index is 1550. The van der Waals surface area contributed by atoms with Gasteiger partial charge in [-0.25, -0.2) is 0 Å². The first-order chi connectivity index (χ1) is 18.1. The van der Waals surface area contributed by atoms with E-state index in [2.05, 4.69) is 100 Å². The average Bonchev–Trinajstić information content (AvgIpc) is 3.58. The van der Waals surface area contributed by atoms with Gasteiger partial charge in [-0.2, -0.15) is 0 Å². The van der Waals surface area contributed by atoms with E-state index in [0.717, 1.165) is 52.2 Å². The molecule has 0 radical (unpaired) electrons. The van der Waals surface area contributed by atoms with Gasteiger partial charge in [0.15, 0.2) is 0 Å². The van der Waals surface area contributed by atoms with Crippen LogP contribution in [-0.2, 0) is 17.3 Å². The first-order valence-electron chi connectivity index (χ1n) is 13.3. The van der Waals surface area contributed by atoms with Crippen LogP contribution < -0.4 is 0 Å². The van der Waals surface area contributed by atoms with Crippen LogP contribution in [0.3, 0.4) is 0 Å². The number of aliphatic imine (C=N–C) groups is 1. The molecule has 0 fully saturated rings. The summed E-state index contributed by atoms with van der Waals surface area (Å²) >= 11 is 0. The molecule has 0 aliphatic carbocycles. The van der Waals surface area contributed by atoms with Gasteiger partial charge in [-0.3, -0.25) is 9.98 Å². The van der Waals surface area contributed by atoms with Crippen molar-refractivity contribution in [1.82, 2.24) is 4.98 Å². The van der Waals surface area contributed by atoms with Gasteiger partial charge in [0.25, 0.3) is 0 Å². The number of fused-ring (bicyclic) bond motifs is 2. The zero-order chi connectivity index (χ0) is 26.9. The standard InChI is InChI=1S/C17H19NO.C17H17NO/c2*1-17(2,3)13-6-4-12(5-7-13)16-14-9-11-19-15(14)8-10-18-16/h4-7,9,11H,8,10H2,1-3H3;4-11H,1-3H3. The van der Waals surface area contributed by atoms with Crippen molar-refractivity contribution in [3.8, 4) is 11.3 Å². The summed E-state index contributed by atoms with van der Waals surface area (Å²) in [5, 5.41) is 1.06. The van der Waals surface area contributed by atoms with E-state index in [-0.39, 0.29) is 10.8 Å². The molecular formula is C34H36N2O2. The van der Waals surface area contributed by atoms with Crippen molar-refractivity contribution < 1.29 is 8.83 Å². The Hall–Kier alpha value is -3.92. The molecule has 1 aliphatic heterocycles. The quantitative estimate of drug-likeness (QED) is 0.241. The normalized spacial score (nSPS) is 13.5. The fraction of sp³-hybridized carbons (Fsp3) is 0.294. The molecule has 3 aromatic heterocycles. The van der Waals surface area contributed by atoms with Gasteiger partial charge in [0.05, 0.1) is 23.9 Å². The van der Waals surface area contributed by atoms with Crippen LogP contribution in [0.25, 0.3) is 22.2 Å². The first-order valence-corrected chi connectivity index (χ1v) is 13.3. The molecule has 0 unspecified atom stereocenters. The predicted molar refractivity (Wildman–Crippen MR) is 156 cm³/mol. The molecule has 0 amide bonds. The molecule has 194 valence electrons. The number of pyridine rings is 1. The van der Waals surface area contributed by atoms with Crippen LogP contribution in [0.2, 0.25) is 0 Å². The molecule has 0 bridgehead atoms. The highest BCUT2D eigenvalue weighted by Gasteiger charge is 2.19. The molecule has 0 atom stereocenters. The summed E-state index contributed by atoms with van der Waals surface area (Å²) in [7, 11) is 0. The minimum Gasteiger partial charge on any atom is -0.469 e. The lowest BCUT2D eigenvalue weighted by Gasteiger charge is -2.19. The summed E-state index contributed by atoms with van der Waals surface area (Å²) in [4.78, 5) is 9.14. The maximum absolute atomic E-state index is 5.50. The summed E-state index contributed by atoms with van der Waals surface area (Å²) in [5.74, 6) is 1.06. The van der Waals surface area contributed by atoms with Crippen LogP contribution in [0, 0.1) is 0 Å². The third-order valence-electron chi connectivity index (χ3n) is 7.04. The summed E-state index contributed by atoms with van der Waals surface area (Å²) in [6.07, 6.45) is 6.17. The van der Waals surface area contributed by atoms with Crippen molar-refractivity contribution in [2.75, 3.05) is 6.54 Å². The molecule has 6 rings (SSSR count). The van der Waals surface area contributed by atoms with E-state index >= 15 is 0 Å². The Morgan fingerprint density at radius 2 is 1.26 bits per heavy atom. The molecule has 4 heterocycles. The Morgan fingerprint density at radius 3 is 1.89 bits per heavy atom. The predicted octanol–water partition coefficient (Wildman–Crippen LogP) is 8.76. The number of hydrogen-bond acceptors (Lipinski definition) is 4. The van der Waals surface area contributed by atoms with E-state index in [1.807, 2.05) is 18.2 Å². The van der Waals surface area contributed by atoms with Crippen molar-refractivity contribution >= 4 is 16.7 Å². The minimum atomic E-state index is 0.174. The summed E-state index contributed by atoms with van der Waals surface area (Å²) in [6, 6.07) is 23.2. The minimum absolute atomic E-state index is 0.174. The lowest BCUT2D eigenvalue weighted by atomic mass is 9.86. The first kappa shape index (κ1) is 25.7. The van der Waals surface area contributed by atoms with E-state index in [0.29, 0.717) is 0 Å². The second-order valence-corrected chi connectivity index (χ2v) is 11.9. The number of furan rings is 2. The number of nitrogens with zero attached hydrogens (tertiary/aromatic N) is 2. The van der Waals surface area contributed by atoms with E-state index in [9.17, 15) is 0 Å². The van der Waals surface area contributed by atoms with Gasteiger partial charge >= 0.3 is 0 Å². The SMILES string of the molecule is CC(C)(C)c1ccc(-c2nccc3occc23)cc1.CC(C)(C)c1ccc(C2=NCCc3occc32)cc1. The van der Waals surface area contributed by atoms with Gasteiger partial charge in [0.1, 0.15) is 11.3 Å². The van der Waals surface area contributed by atoms with Crippen LogP contribution in [-0.4, -0.2) is 17.2 Å². The Morgan fingerprint density at radius 1 is 0.658 bits per heavy atom. The highest BCUT2D eigenvalue weighted by molar-refractivity contribution is 6.14. The largest absolute Gasteiger partial charge is 0.469 e. The number of aromatic nitrogens is 1. The third kappa shape index (κ3) is 5.35. The average molecular weight is 505 g/mol. The fourth-order valence-corrected chi connectivity index (χ4v) is 4.73. The Balaban J connectivity index is 0.000000155. The van der Waals surface area contributed by atoms with Crippen LogP contribution in [0.4, 0.5) is 0 Å². The molecule has 38 heavy (non-hydrogen) atoms. The van der Waals surface area contributed by atoms with Crippen molar-refractivity contribution in [2.45, 2.75) is 58.8 Å². The third-order valence-corrected chi connectivity index (χ3v) is 7.04. The molecule has 2 aromatic carbocycles. The molecular weight excluding hydrogens is 468 g/mol. The topological polar surface area (TPSA) is 51.5 Å². The van der Waals surface area contributed by atoms with Gasteiger partial charge < -0.3 is 8.83 Å². The zero-order valence-corrected chi connectivity index (χ0v) is 23.2. The maximum atomic E-state index is 5.50. The van der Waals surface area contributed by atoms with Gasteiger partial charge in [-0.1, -0.05) is 90.1 Å². The van der Waals surface area contributed by atoms with Crippen molar-refractivity contribution in [2.24, 2.45) is 4.99 Å². The highest BCUT2D eigenvalue weighted by Crippen LogP contribution is 2.30. The maximum Gasteiger partial charge on any atom is 0.137 e. The number of rotatable bonds is 2. The zero-order valence-electron chi connectivity index (χ0n) is 23.2. The van der Waals surface area contributed by atoms with Gasteiger partial charge in [0, 0.05) is 41.2 Å². The molecule has 4 heteroatoms. The second kappa shape index (κ2) is 10.1. The van der Waals surface area contributed by atoms with Crippen LogP contribution in [0.15, 0.2) is 99.3 Å². The smallest absolute Gasteiger partial charge is 0.137 e. The molecule has 1 aliphatic rings. The highest BCUT2D eigenvalue weighted by atomic mass is 16.3. The van der Waals surface area contributed by atoms with Crippen molar-refractivity contribution in [3.63, 3.8) is 0 Å². The molecule has 5 aromatic rings. The summed E-state index contributed by atoms with van der Waals surface area (Å²) < 4.78 is 10.9. The van der Waals surface area contributed by atoms with Gasteiger partial charge in [-0.15, -0.1) is 0 Å². The van der Waals surface area contributed by atoms with Crippen LogP contribution >= 0.6 is 0 Å². The molecule has 0 N–H and O–H groups in total. The number of benzene rings is 2. The van der Waals surface area contributed by atoms with E-state index < -0.39 is 0 Å². The monoisotopic (exact) mass is 504 g/mol. The second-order valence-electron chi connectivity index (χ2n) is 11.9. The van der Waals surface area contributed by atoms with E-state index in [1.54, 1.807) is 18.7 Å². The molecule has 0 spiro atoms. The van der Waals surface area contributed by atoms with Crippen molar-refractivity contribution in [3.05, 3.63) is 113 Å². The van der Waals surface area contributed by atoms with Crippen LogP contribution in [0.1, 0.15) is 69.6 Å². The fourth-order valence-electron chi connectivity index (χ4n) is 4.73. The Kier molecular flexibility index (Phi) is 6.83. The molecule has 4 nitrogen and oxygen atoms in total. The van der Waals surface area contributed by atoms with E-state index in [4.69, 9.17) is 8.83 Å². The van der Waals surface area contributed by atoms with Gasteiger partial charge in [-0.05, 0) is 40.2 Å². The lowest BCUT2D eigenvalue weighted by molar-refractivity contribution is 0.508. The lowest BCUT2D eigenvalue weighted by Crippen LogP contribution is -2.14. The van der Waals surface area contributed by atoms with Crippen molar-refractivity contribution in [1.29, 1.82) is 0 Å².